The van der Waals surface area contributed by atoms with Crippen molar-refractivity contribution >= 4 is 86.6 Å². The molecule has 0 spiro atoms. The van der Waals surface area contributed by atoms with Gasteiger partial charge in [-0.2, -0.15) is 0 Å². The summed E-state index contributed by atoms with van der Waals surface area (Å²) in [6, 6.07) is 13.5. The maximum Gasteiger partial charge on any atom is -0.147 e. The minimum atomic E-state index is -3.52. The maximum atomic E-state index is 12.8. The first-order valence-corrected chi connectivity index (χ1v) is 16.4. The number of anilines is 1. The second-order valence-corrected chi connectivity index (χ2v) is 14.9. The van der Waals surface area contributed by atoms with Gasteiger partial charge in [0.1, 0.15) is 0 Å². The molecule has 1 aliphatic rings. The number of benzene rings is 2. The van der Waals surface area contributed by atoms with Gasteiger partial charge in [-0.1, -0.05) is 0 Å². The maximum absolute atomic E-state index is 12.8. The topological polar surface area (TPSA) is 86.6 Å². The van der Waals surface area contributed by atoms with Crippen molar-refractivity contribution in [3.63, 3.8) is 0 Å². The average molecular weight is 669 g/mol. The monoisotopic (exact) mass is 667 g/mol. The predicted octanol–water partition coefficient (Wildman–Crippen LogP) is 3.93. The Labute approximate surface area is 251 Å². The van der Waals surface area contributed by atoms with Crippen LogP contribution >= 0.6 is 35.6 Å². The number of sulfone groups is 1. The second kappa shape index (κ2) is 11.8. The summed E-state index contributed by atoms with van der Waals surface area (Å²) in [5, 5.41) is 11.0. The number of halogens is 3. The molecular weight excluding hydrogens is 642 g/mol. The molecule has 1 saturated heterocycles. The first-order chi connectivity index (χ1) is 18.0. The zero-order chi connectivity index (χ0) is 27.2. The Morgan fingerprint density at radius 2 is 1.74 bits per heavy atom. The molecule has 39 heavy (non-hydrogen) atoms. The minimum Gasteiger partial charge on any atom is -0.147 e. The van der Waals surface area contributed by atoms with Crippen molar-refractivity contribution in [1.82, 2.24) is 14.9 Å². The molecule has 1 fully saturated rings. The molecule has 1 aliphatic heterocycles. The van der Waals surface area contributed by atoms with Crippen LogP contribution in [0.4, 0.5) is 5.82 Å². The van der Waals surface area contributed by atoms with E-state index < -0.39 is 25.6 Å². The number of phenols is 1. The molecule has 12 heteroatoms. The third-order valence-corrected chi connectivity index (χ3v) is 11.3. The molecule has 4 aromatic rings. The molecule has 3 heterocycles. The van der Waals surface area contributed by atoms with Gasteiger partial charge >= 0.3 is 240 Å². The van der Waals surface area contributed by atoms with E-state index in [-0.39, 0.29) is 33.1 Å². The van der Waals surface area contributed by atoms with Crippen LogP contribution < -0.4 is 13.6 Å². The van der Waals surface area contributed by atoms with E-state index in [2.05, 4.69) is 28.9 Å². The molecule has 0 aliphatic carbocycles. The van der Waals surface area contributed by atoms with Gasteiger partial charge in [-0.15, -0.1) is 12.4 Å². The Bertz CT molecular complexity index is 1610. The summed E-state index contributed by atoms with van der Waals surface area (Å²) in [5.74, 6) is 0.761. The Hall–Kier alpha value is -2.06. The van der Waals surface area contributed by atoms with Crippen molar-refractivity contribution in [1.29, 1.82) is 0 Å². The Morgan fingerprint density at radius 3 is 2.33 bits per heavy atom. The van der Waals surface area contributed by atoms with Crippen LogP contribution in [-0.4, -0.2) is 83.6 Å². The molecule has 1 N–H and O–H groups in total. The molecule has 2 aromatic carbocycles. The number of phenolic OH excluding ortho intramolecular Hbond substituents is 1. The van der Waals surface area contributed by atoms with E-state index in [9.17, 15) is 13.5 Å². The fourth-order valence-electron chi connectivity index (χ4n) is 4.59. The molecule has 1 atom stereocenters. The van der Waals surface area contributed by atoms with Gasteiger partial charge in [0.15, 0.2) is 0 Å². The number of aromatic nitrogens is 2. The van der Waals surface area contributed by atoms with Crippen LogP contribution in [0.25, 0.3) is 22.0 Å². The van der Waals surface area contributed by atoms with Crippen LogP contribution in [0.15, 0.2) is 59.8 Å². The van der Waals surface area contributed by atoms with Crippen molar-refractivity contribution in [2.75, 3.05) is 38.3 Å². The summed E-state index contributed by atoms with van der Waals surface area (Å²) in [6.45, 7) is 1.90. The van der Waals surface area contributed by atoms with Gasteiger partial charge in [-0.05, 0) is 0 Å². The first kappa shape index (κ1) is 29.9. The molecule has 1 unspecified atom stereocenters. The van der Waals surface area contributed by atoms with Crippen LogP contribution in [0.1, 0.15) is 6.42 Å². The van der Waals surface area contributed by atoms with Crippen LogP contribution in [0, 0.1) is 0 Å². The van der Waals surface area contributed by atoms with Crippen LogP contribution in [0.3, 0.4) is 0 Å². The van der Waals surface area contributed by atoms with Crippen molar-refractivity contribution in [2.24, 2.45) is 0 Å². The van der Waals surface area contributed by atoms with E-state index in [4.69, 9.17) is 28.2 Å². The molecule has 5 rings (SSSR count). The number of rotatable bonds is 6. The number of aromatic hydroxyl groups is 1. The third-order valence-electron chi connectivity index (χ3n) is 6.75. The number of pyridine rings is 2. The molecule has 0 saturated carbocycles. The van der Waals surface area contributed by atoms with Gasteiger partial charge in [0, 0.05) is 0 Å². The summed E-state index contributed by atoms with van der Waals surface area (Å²) in [4.78, 5) is 13.9. The van der Waals surface area contributed by atoms with Gasteiger partial charge in [-0.3, -0.25) is 0 Å². The minimum absolute atomic E-state index is 0. The summed E-state index contributed by atoms with van der Waals surface area (Å²) >= 11 is 11.6. The molecule has 0 amide bonds. The number of likely N-dealkylation sites (N-methyl/N-ethyl adjacent to an activating group) is 1. The SMILES string of the molecule is CN(C)C1CCN(c2ccc([As]c3c(S(C)(=O)=O)cnc4ccc(-c5cc(Cl)c(O)c(Cl)c5)cc34)cn2)C1.Cl. The van der Waals surface area contributed by atoms with E-state index in [1.165, 1.54) is 12.5 Å². The first-order valence-electron chi connectivity index (χ1n) is 11.9. The van der Waals surface area contributed by atoms with Gasteiger partial charge in [0.2, 0.25) is 0 Å². The summed E-state index contributed by atoms with van der Waals surface area (Å²) in [6.07, 6.45) is 5.62. The summed E-state index contributed by atoms with van der Waals surface area (Å²) < 4.78 is 27.3. The third kappa shape index (κ3) is 6.32. The zero-order valence-corrected chi connectivity index (χ0v) is 26.5. The van der Waals surface area contributed by atoms with Crippen molar-refractivity contribution in [3.05, 3.63) is 64.9 Å². The number of hydrogen-bond acceptors (Lipinski definition) is 7. The van der Waals surface area contributed by atoms with E-state index in [0.29, 0.717) is 17.1 Å². The standard InChI is InChI=1S/C27H26AsCl2N4O3S.ClH/c1-33(2)19-8-9-34(15-19)25-7-5-18(13-32-25)28-26-20-10-16(17-11-21(29)27(35)22(30)12-17)4-6-23(20)31-14-24(26)38(3,36)37;/h4-7,10-14,19,35H,8-9,15H2,1-3H3;1H. The van der Waals surface area contributed by atoms with Gasteiger partial charge < -0.3 is 0 Å². The fourth-order valence-corrected chi connectivity index (χ4v) is 9.14. The average Bonchev–Trinajstić information content (AvgIpc) is 3.37. The second-order valence-electron chi connectivity index (χ2n) is 9.60. The summed E-state index contributed by atoms with van der Waals surface area (Å²) in [7, 11) is 0.676. The van der Waals surface area contributed by atoms with Crippen molar-refractivity contribution < 1.29 is 13.5 Å². The van der Waals surface area contributed by atoms with Gasteiger partial charge in [0.05, 0.1) is 0 Å². The van der Waals surface area contributed by atoms with Crippen molar-refractivity contribution in [3.8, 4) is 16.9 Å². The smallest absolute Gasteiger partial charge is 0.147 e. The van der Waals surface area contributed by atoms with E-state index in [0.717, 1.165) is 45.0 Å². The predicted molar refractivity (Wildman–Crippen MR) is 163 cm³/mol. The molecular formula is C27H27AsCl3N4O3S. The molecule has 205 valence electrons. The number of nitrogens with zero attached hydrogens (tertiary/aromatic N) is 4. The molecule has 0 bridgehead atoms. The van der Waals surface area contributed by atoms with Gasteiger partial charge in [0.25, 0.3) is 0 Å². The van der Waals surface area contributed by atoms with Crippen molar-refractivity contribution in [2.45, 2.75) is 17.4 Å². The van der Waals surface area contributed by atoms with Gasteiger partial charge in [-0.25, -0.2) is 0 Å². The molecule has 1 radical (unpaired) electrons. The Morgan fingerprint density at radius 1 is 1.03 bits per heavy atom. The van der Waals surface area contributed by atoms with Crippen LogP contribution in [0.2, 0.25) is 10.0 Å². The molecule has 7 nitrogen and oxygen atoms in total. The van der Waals surface area contributed by atoms with E-state index >= 15 is 0 Å². The fraction of sp³-hybridized carbons (Fsp3) is 0.259. The Kier molecular flexibility index (Phi) is 9.06. The Balaban J connectivity index is 0.00000353. The summed E-state index contributed by atoms with van der Waals surface area (Å²) in [5.41, 5.74) is 2.19. The normalized spacial score (nSPS) is 15.9. The quantitative estimate of drug-likeness (QED) is 0.312. The van der Waals surface area contributed by atoms with Crippen LogP contribution in [0.5, 0.6) is 5.75 Å². The van der Waals surface area contributed by atoms with Crippen LogP contribution in [-0.2, 0) is 9.84 Å². The number of fused-ring (bicyclic) bond motifs is 1. The zero-order valence-electron chi connectivity index (χ0n) is 21.5. The van der Waals surface area contributed by atoms with E-state index in [1.54, 1.807) is 12.1 Å². The largest absolute Gasteiger partial charge is 0.147 e. The van der Waals surface area contributed by atoms with E-state index in [1.807, 2.05) is 36.5 Å². The molecule has 2 aromatic heterocycles. The number of hydrogen-bond donors (Lipinski definition) is 1.